The maximum absolute atomic E-state index is 10.5. The zero-order chi connectivity index (χ0) is 19.2. The third-order valence-corrected chi connectivity index (χ3v) is 6.43. The van der Waals surface area contributed by atoms with Gasteiger partial charge in [-0.1, -0.05) is 51.4 Å². The second-order valence-electron chi connectivity index (χ2n) is 9.05. The number of nitrogens with two attached hydrogens (primary N) is 1. The van der Waals surface area contributed by atoms with Crippen molar-refractivity contribution in [1.82, 2.24) is 0 Å². The van der Waals surface area contributed by atoms with Crippen molar-refractivity contribution in [2.75, 3.05) is 0 Å². The van der Waals surface area contributed by atoms with Crippen molar-refractivity contribution in [3.05, 3.63) is 0 Å². The minimum absolute atomic E-state index is 0.464. The van der Waals surface area contributed by atoms with Gasteiger partial charge in [-0.05, 0) is 64.2 Å². The number of rotatable bonds is 1. The van der Waals surface area contributed by atoms with Crippen molar-refractivity contribution in [1.29, 1.82) is 0 Å². The monoisotopic (exact) mass is 376 g/mol. The Hall–Kier alpha value is -0.700. The molecule has 156 valence electrons. The van der Waals surface area contributed by atoms with Crippen LogP contribution in [0.2, 0.25) is 0 Å². The van der Waals surface area contributed by atoms with E-state index in [1.54, 1.807) is 0 Å². The Balaban J connectivity index is 0.000000159. The summed E-state index contributed by atoms with van der Waals surface area (Å²) in [5.74, 6) is 0.464. The summed E-state index contributed by atoms with van der Waals surface area (Å²) in [6, 6.07) is 1.25. The van der Waals surface area contributed by atoms with E-state index >= 15 is 0 Å². The molecule has 0 aromatic rings. The van der Waals surface area contributed by atoms with Crippen LogP contribution in [0.15, 0.2) is 4.99 Å². The number of Topliss-reactive ketones (excluding diaryl/α,β-unsaturated/α-hetero) is 1. The van der Waals surface area contributed by atoms with Gasteiger partial charge in [-0.2, -0.15) is 0 Å². The van der Waals surface area contributed by atoms with Crippen LogP contribution in [-0.4, -0.2) is 23.6 Å². The van der Waals surface area contributed by atoms with Crippen LogP contribution < -0.4 is 5.73 Å². The van der Waals surface area contributed by atoms with Crippen LogP contribution in [0.25, 0.3) is 0 Å². The molecule has 0 atom stereocenters. The van der Waals surface area contributed by atoms with Gasteiger partial charge < -0.3 is 5.73 Å². The molecular weight excluding hydrogens is 332 g/mol. The third kappa shape index (κ3) is 11.0. The molecule has 4 saturated carbocycles. The van der Waals surface area contributed by atoms with E-state index in [2.05, 4.69) is 0 Å². The minimum Gasteiger partial charge on any atom is -0.328 e. The Morgan fingerprint density at radius 2 is 1.04 bits per heavy atom. The van der Waals surface area contributed by atoms with E-state index in [1.165, 1.54) is 108 Å². The van der Waals surface area contributed by atoms with Crippen LogP contribution in [0, 0.1) is 0 Å². The van der Waals surface area contributed by atoms with E-state index in [-0.39, 0.29) is 0 Å². The number of hydrogen-bond donors (Lipinski definition) is 1. The molecule has 4 rings (SSSR count). The van der Waals surface area contributed by atoms with Gasteiger partial charge >= 0.3 is 0 Å². The quantitative estimate of drug-likeness (QED) is 0.566. The molecule has 0 heterocycles. The van der Waals surface area contributed by atoms with Gasteiger partial charge in [0.05, 0.1) is 0 Å². The molecule has 0 aromatic carbocycles. The van der Waals surface area contributed by atoms with Crippen LogP contribution in [0.3, 0.4) is 0 Å². The molecule has 0 aliphatic heterocycles. The molecule has 0 radical (unpaired) electrons. The summed E-state index contributed by atoms with van der Waals surface area (Å²) in [7, 11) is 0. The van der Waals surface area contributed by atoms with Gasteiger partial charge in [0, 0.05) is 30.6 Å². The topological polar surface area (TPSA) is 55.4 Å². The van der Waals surface area contributed by atoms with Gasteiger partial charge in [0.25, 0.3) is 0 Å². The molecule has 4 aliphatic carbocycles. The SMILES string of the molecule is C1CCC(=NC2CCCCC2)CC1.NC1CCCCC1.O=C1CCCCC1. The molecule has 0 spiro atoms. The van der Waals surface area contributed by atoms with E-state index < -0.39 is 0 Å². The van der Waals surface area contributed by atoms with Gasteiger partial charge in [-0.25, -0.2) is 0 Å². The van der Waals surface area contributed by atoms with Crippen molar-refractivity contribution in [3.63, 3.8) is 0 Å². The molecule has 0 aromatic heterocycles. The number of carbonyl (C=O) groups excluding carboxylic acids is 1. The lowest BCUT2D eigenvalue weighted by Gasteiger charge is -2.21. The number of hydrogen-bond acceptors (Lipinski definition) is 3. The van der Waals surface area contributed by atoms with Gasteiger partial charge in [0.2, 0.25) is 0 Å². The number of carbonyl (C=O) groups is 1. The largest absolute Gasteiger partial charge is 0.328 e. The smallest absolute Gasteiger partial charge is 0.132 e. The van der Waals surface area contributed by atoms with E-state index in [0.717, 1.165) is 25.7 Å². The van der Waals surface area contributed by atoms with E-state index in [0.29, 0.717) is 17.9 Å². The summed E-state index contributed by atoms with van der Waals surface area (Å²) in [5, 5.41) is 0. The first-order chi connectivity index (χ1) is 13.2. The Morgan fingerprint density at radius 1 is 0.593 bits per heavy atom. The van der Waals surface area contributed by atoms with Crippen LogP contribution in [0.5, 0.6) is 0 Å². The summed E-state index contributed by atoms with van der Waals surface area (Å²) >= 11 is 0. The summed E-state index contributed by atoms with van der Waals surface area (Å²) in [6.45, 7) is 0. The fourth-order valence-corrected chi connectivity index (χ4v) is 4.64. The molecule has 0 amide bonds. The van der Waals surface area contributed by atoms with Crippen molar-refractivity contribution in [2.24, 2.45) is 10.7 Å². The minimum atomic E-state index is 0.464. The molecule has 3 nitrogen and oxygen atoms in total. The van der Waals surface area contributed by atoms with E-state index in [1.807, 2.05) is 0 Å². The molecule has 27 heavy (non-hydrogen) atoms. The lowest BCUT2D eigenvalue weighted by molar-refractivity contribution is -0.120. The number of aliphatic imine (C=N–C) groups is 1. The standard InChI is InChI=1S/C12H21N.C6H13N.C6H10O/c1-3-7-11(8-4-1)13-12-9-5-2-6-10-12;2*7-6-4-2-1-3-5-6/h11H,1-10H2;6H,1-5,7H2;1-5H2. The van der Waals surface area contributed by atoms with Crippen LogP contribution >= 0.6 is 0 Å². The average molecular weight is 377 g/mol. The molecule has 0 unspecified atom stereocenters. The highest BCUT2D eigenvalue weighted by Crippen LogP contribution is 2.23. The summed E-state index contributed by atoms with van der Waals surface area (Å²) in [4.78, 5) is 15.4. The maximum Gasteiger partial charge on any atom is 0.132 e. The first-order valence-electron chi connectivity index (χ1n) is 12.1. The summed E-state index contributed by atoms with van der Waals surface area (Å²) in [6.07, 6.45) is 25.7. The number of nitrogens with zero attached hydrogens (tertiary/aromatic N) is 1. The normalized spacial score (nSPS) is 24.9. The molecule has 2 N–H and O–H groups in total. The zero-order valence-corrected chi connectivity index (χ0v) is 17.7. The van der Waals surface area contributed by atoms with Crippen molar-refractivity contribution in [2.45, 2.75) is 141 Å². The van der Waals surface area contributed by atoms with Crippen LogP contribution in [0.4, 0.5) is 0 Å². The Morgan fingerprint density at radius 3 is 1.44 bits per heavy atom. The maximum atomic E-state index is 10.5. The fourth-order valence-electron chi connectivity index (χ4n) is 4.64. The predicted molar refractivity (Wildman–Crippen MR) is 117 cm³/mol. The van der Waals surface area contributed by atoms with Gasteiger partial charge in [-0.15, -0.1) is 0 Å². The molecular formula is C24H44N2O. The van der Waals surface area contributed by atoms with Gasteiger partial charge in [0.1, 0.15) is 5.78 Å². The van der Waals surface area contributed by atoms with E-state index in [9.17, 15) is 4.79 Å². The Labute approximate surface area is 168 Å². The predicted octanol–water partition coefficient (Wildman–Crippen LogP) is 6.52. The van der Waals surface area contributed by atoms with Crippen molar-refractivity contribution < 1.29 is 4.79 Å². The lowest BCUT2D eigenvalue weighted by atomic mass is 9.94. The Kier molecular flexibility index (Phi) is 12.0. The van der Waals surface area contributed by atoms with Crippen molar-refractivity contribution in [3.8, 4) is 0 Å². The summed E-state index contributed by atoms with van der Waals surface area (Å²) < 4.78 is 0. The Bertz CT molecular complexity index is 404. The second kappa shape index (κ2) is 14.3. The van der Waals surface area contributed by atoms with Crippen LogP contribution in [0.1, 0.15) is 128 Å². The first kappa shape index (κ1) is 22.6. The molecule has 0 bridgehead atoms. The highest BCUT2D eigenvalue weighted by Gasteiger charge is 2.14. The van der Waals surface area contributed by atoms with E-state index in [4.69, 9.17) is 10.7 Å². The lowest BCUT2D eigenvalue weighted by Crippen LogP contribution is -2.22. The number of ketones is 1. The zero-order valence-electron chi connectivity index (χ0n) is 17.7. The summed E-state index contributed by atoms with van der Waals surface area (Å²) in [5.41, 5.74) is 7.17. The first-order valence-corrected chi connectivity index (χ1v) is 12.1. The highest BCUT2D eigenvalue weighted by atomic mass is 16.1. The van der Waals surface area contributed by atoms with Crippen LogP contribution in [-0.2, 0) is 4.79 Å². The van der Waals surface area contributed by atoms with Gasteiger partial charge in [-0.3, -0.25) is 9.79 Å². The highest BCUT2D eigenvalue weighted by molar-refractivity contribution is 5.85. The molecule has 0 saturated heterocycles. The molecule has 3 heteroatoms. The fraction of sp³-hybridized carbons (Fsp3) is 0.917. The van der Waals surface area contributed by atoms with Gasteiger partial charge in [0.15, 0.2) is 0 Å². The average Bonchev–Trinajstić information content (AvgIpc) is 2.72. The molecule has 4 fully saturated rings. The van der Waals surface area contributed by atoms with Crippen molar-refractivity contribution >= 4 is 11.5 Å². The second-order valence-corrected chi connectivity index (χ2v) is 9.05. The third-order valence-electron chi connectivity index (χ3n) is 6.43. The molecule has 4 aliphatic rings.